The highest BCUT2D eigenvalue weighted by atomic mass is 28.3. The Labute approximate surface area is 207 Å². The van der Waals surface area contributed by atoms with Crippen LogP contribution in [0.15, 0.2) is 60.7 Å². The quantitative estimate of drug-likeness (QED) is 0.393. The Morgan fingerprint density at radius 3 is 1.88 bits per heavy atom. The monoisotopic (exact) mass is 482 g/mol. The molecule has 34 heavy (non-hydrogen) atoms. The summed E-state index contributed by atoms with van der Waals surface area (Å²) in [6, 6.07) is 21.1. The second-order valence-electron chi connectivity index (χ2n) is 11.6. The lowest BCUT2D eigenvalue weighted by atomic mass is 10.0. The van der Waals surface area contributed by atoms with E-state index in [9.17, 15) is 4.79 Å². The van der Waals surface area contributed by atoms with Crippen molar-refractivity contribution in [2.24, 2.45) is 0 Å². The van der Waals surface area contributed by atoms with Crippen molar-refractivity contribution >= 4 is 14.2 Å². The Morgan fingerprint density at radius 2 is 1.47 bits per heavy atom. The molecule has 1 saturated heterocycles. The Hall–Kier alpha value is -2.15. The van der Waals surface area contributed by atoms with Gasteiger partial charge in [0.2, 0.25) is 0 Å². The van der Waals surface area contributed by atoms with E-state index in [2.05, 4.69) is 85.2 Å². The van der Waals surface area contributed by atoms with Crippen LogP contribution < -0.4 is 0 Å². The van der Waals surface area contributed by atoms with Crippen LogP contribution in [-0.2, 0) is 22.6 Å². The maximum absolute atomic E-state index is 13.4. The van der Waals surface area contributed by atoms with Gasteiger partial charge in [-0.25, -0.2) is 4.79 Å². The van der Waals surface area contributed by atoms with Gasteiger partial charge in [0.15, 0.2) is 0 Å². The maximum atomic E-state index is 13.4. The molecule has 0 spiro atoms. The van der Waals surface area contributed by atoms with Crippen LogP contribution in [0, 0.1) is 0 Å². The summed E-state index contributed by atoms with van der Waals surface area (Å²) in [6.07, 6.45) is 0.550. The standard InChI is InChI=1S/C28H42N2O3Si/c1-27(2)22-32-28(3,4)30(27)26(31)33-25(34(5,6)7)18-19-29(20-23-14-10-8-11-15-23)21-24-16-12-9-13-17-24/h8-17,25H,18-22H2,1-7H3. The average Bonchev–Trinajstić information content (AvgIpc) is 2.98. The lowest BCUT2D eigenvalue weighted by Gasteiger charge is -2.39. The summed E-state index contributed by atoms with van der Waals surface area (Å²) in [5.74, 6) is 0. The SMILES string of the molecule is CC1(C)COC(C)(C)N1C(=O)OC(CCN(Cc1ccccc1)Cc1ccccc1)[Si](C)(C)C. The zero-order valence-electron chi connectivity index (χ0n) is 22.0. The molecule has 2 aromatic rings. The number of nitrogens with zero attached hydrogens (tertiary/aromatic N) is 2. The van der Waals surface area contributed by atoms with Crippen molar-refractivity contribution in [1.29, 1.82) is 0 Å². The van der Waals surface area contributed by atoms with Crippen molar-refractivity contribution in [3.8, 4) is 0 Å². The van der Waals surface area contributed by atoms with Gasteiger partial charge in [-0.15, -0.1) is 0 Å². The molecule has 0 bridgehead atoms. The minimum Gasteiger partial charge on any atom is -0.450 e. The largest absolute Gasteiger partial charge is 0.450 e. The number of hydrogen-bond acceptors (Lipinski definition) is 4. The molecule has 1 amide bonds. The van der Waals surface area contributed by atoms with Crippen molar-refractivity contribution in [2.45, 2.75) is 83.8 Å². The summed E-state index contributed by atoms with van der Waals surface area (Å²) in [7, 11) is -1.78. The minimum atomic E-state index is -1.78. The van der Waals surface area contributed by atoms with Crippen molar-refractivity contribution in [2.75, 3.05) is 13.2 Å². The molecule has 186 valence electrons. The summed E-state index contributed by atoms with van der Waals surface area (Å²) in [5, 5.41) is 0. The molecule has 5 nitrogen and oxygen atoms in total. The molecule has 2 aromatic carbocycles. The van der Waals surface area contributed by atoms with E-state index >= 15 is 0 Å². The molecule has 1 aliphatic rings. The number of hydrogen-bond donors (Lipinski definition) is 0. The zero-order valence-corrected chi connectivity index (χ0v) is 23.0. The van der Waals surface area contributed by atoms with Crippen LogP contribution in [0.3, 0.4) is 0 Å². The van der Waals surface area contributed by atoms with Gasteiger partial charge in [0.1, 0.15) is 5.72 Å². The summed E-state index contributed by atoms with van der Waals surface area (Å²) in [5.41, 5.74) is 1.44. The van der Waals surface area contributed by atoms with Crippen LogP contribution in [0.1, 0.15) is 45.2 Å². The van der Waals surface area contributed by atoms with Gasteiger partial charge in [-0.05, 0) is 45.2 Å². The molecule has 3 rings (SSSR count). The topological polar surface area (TPSA) is 42.0 Å². The highest BCUT2D eigenvalue weighted by molar-refractivity contribution is 6.77. The van der Waals surface area contributed by atoms with Crippen molar-refractivity contribution in [1.82, 2.24) is 9.80 Å². The van der Waals surface area contributed by atoms with Gasteiger partial charge in [-0.1, -0.05) is 80.3 Å². The van der Waals surface area contributed by atoms with Gasteiger partial charge in [-0.2, -0.15) is 0 Å². The van der Waals surface area contributed by atoms with Gasteiger partial charge in [0.25, 0.3) is 0 Å². The molecule has 6 heteroatoms. The molecular formula is C28H42N2O3Si. The second kappa shape index (κ2) is 10.6. The van der Waals surface area contributed by atoms with Crippen LogP contribution in [-0.4, -0.2) is 54.1 Å². The number of carbonyl (C=O) groups excluding carboxylic acids is 1. The molecular weight excluding hydrogens is 440 g/mol. The lowest BCUT2D eigenvalue weighted by Crippen LogP contribution is -2.55. The molecule has 0 aromatic heterocycles. The third kappa shape index (κ3) is 6.93. The first-order valence-electron chi connectivity index (χ1n) is 12.3. The summed E-state index contributed by atoms with van der Waals surface area (Å²) >= 11 is 0. The van der Waals surface area contributed by atoms with Gasteiger partial charge in [0, 0.05) is 19.6 Å². The van der Waals surface area contributed by atoms with E-state index in [0.29, 0.717) is 6.61 Å². The van der Waals surface area contributed by atoms with Gasteiger partial charge in [-0.3, -0.25) is 9.80 Å². The smallest absolute Gasteiger partial charge is 0.412 e. The fourth-order valence-corrected chi connectivity index (χ4v) is 6.17. The first kappa shape index (κ1) is 26.5. The lowest BCUT2D eigenvalue weighted by molar-refractivity contribution is -0.0549. The molecule has 1 fully saturated rings. The number of ether oxygens (including phenoxy) is 2. The molecule has 1 atom stereocenters. The fraction of sp³-hybridized carbons (Fsp3) is 0.536. The van der Waals surface area contributed by atoms with E-state index in [1.54, 1.807) is 4.90 Å². The van der Waals surface area contributed by atoms with E-state index in [0.717, 1.165) is 26.1 Å². The van der Waals surface area contributed by atoms with Crippen molar-refractivity contribution in [3.05, 3.63) is 71.8 Å². The first-order valence-corrected chi connectivity index (χ1v) is 15.9. The van der Waals surface area contributed by atoms with E-state index < -0.39 is 19.3 Å². The van der Waals surface area contributed by atoms with Crippen LogP contribution in [0.25, 0.3) is 0 Å². The van der Waals surface area contributed by atoms with E-state index in [4.69, 9.17) is 9.47 Å². The van der Waals surface area contributed by atoms with Crippen LogP contribution in [0.2, 0.25) is 19.6 Å². The molecule has 0 N–H and O–H groups in total. The van der Waals surface area contributed by atoms with E-state index in [1.165, 1.54) is 11.1 Å². The van der Waals surface area contributed by atoms with Gasteiger partial charge < -0.3 is 9.47 Å². The Bertz CT molecular complexity index is 868. The maximum Gasteiger partial charge on any atom is 0.412 e. The van der Waals surface area contributed by atoms with Crippen LogP contribution in [0.4, 0.5) is 4.79 Å². The van der Waals surface area contributed by atoms with E-state index in [-0.39, 0.29) is 11.8 Å². The normalized spacial score (nSPS) is 18.2. The molecule has 0 aliphatic carbocycles. The molecule has 1 aliphatic heterocycles. The van der Waals surface area contributed by atoms with Crippen molar-refractivity contribution < 1.29 is 14.3 Å². The first-order chi connectivity index (χ1) is 15.9. The van der Waals surface area contributed by atoms with Crippen molar-refractivity contribution in [3.63, 3.8) is 0 Å². The second-order valence-corrected chi connectivity index (χ2v) is 17.0. The third-order valence-electron chi connectivity index (χ3n) is 6.52. The van der Waals surface area contributed by atoms with Crippen LogP contribution >= 0.6 is 0 Å². The highest BCUT2D eigenvalue weighted by Crippen LogP contribution is 2.35. The zero-order chi connectivity index (χ0) is 25.0. The molecule has 0 saturated carbocycles. The van der Waals surface area contributed by atoms with Gasteiger partial charge in [0.05, 0.1) is 25.9 Å². The number of rotatable bonds is 9. The third-order valence-corrected chi connectivity index (χ3v) is 8.86. The summed E-state index contributed by atoms with van der Waals surface area (Å²) in [6.45, 7) is 17.9. The average molecular weight is 483 g/mol. The van der Waals surface area contributed by atoms with Gasteiger partial charge >= 0.3 is 6.09 Å². The molecule has 0 radical (unpaired) electrons. The predicted octanol–water partition coefficient (Wildman–Crippen LogP) is 6.31. The summed E-state index contributed by atoms with van der Waals surface area (Å²) in [4.78, 5) is 17.6. The Kier molecular flexibility index (Phi) is 8.27. The highest BCUT2D eigenvalue weighted by Gasteiger charge is 2.50. The predicted molar refractivity (Wildman–Crippen MR) is 141 cm³/mol. The molecule has 1 unspecified atom stereocenters. The number of carbonyl (C=O) groups is 1. The number of benzene rings is 2. The summed E-state index contributed by atoms with van der Waals surface area (Å²) < 4.78 is 12.2. The Morgan fingerprint density at radius 1 is 0.971 bits per heavy atom. The minimum absolute atomic E-state index is 0.0822. The molecule has 1 heterocycles. The van der Waals surface area contributed by atoms with Crippen LogP contribution in [0.5, 0.6) is 0 Å². The van der Waals surface area contributed by atoms with E-state index in [1.807, 2.05) is 27.7 Å². The Balaban J connectivity index is 1.73. The number of amides is 1. The fourth-order valence-electron chi connectivity index (χ4n) is 4.72.